The van der Waals surface area contributed by atoms with Crippen molar-refractivity contribution in [1.82, 2.24) is 0 Å². The fourth-order valence-corrected chi connectivity index (χ4v) is 1.35. The highest BCUT2D eigenvalue weighted by Crippen LogP contribution is 2.24. The van der Waals surface area contributed by atoms with Crippen LogP contribution in [0.4, 0.5) is 18.9 Å². The summed E-state index contributed by atoms with van der Waals surface area (Å²) in [6, 6.07) is 5.50. The number of carbonyl (C=O) groups excluding carboxylic acids is 1. The molecule has 19 heavy (non-hydrogen) atoms. The van der Waals surface area contributed by atoms with Crippen molar-refractivity contribution in [2.45, 2.75) is 19.5 Å². The summed E-state index contributed by atoms with van der Waals surface area (Å²) < 4.78 is 42.6. The number of carbonyl (C=O) groups is 1. The lowest BCUT2D eigenvalue weighted by atomic mass is 10.2. The summed E-state index contributed by atoms with van der Waals surface area (Å²) in [5.74, 6) is -0.965. The van der Waals surface area contributed by atoms with Crippen LogP contribution in [-0.4, -0.2) is 24.5 Å². The van der Waals surface area contributed by atoms with Gasteiger partial charge in [-0.25, -0.2) is 4.99 Å². The van der Waals surface area contributed by atoms with Crippen molar-refractivity contribution in [3.05, 3.63) is 29.3 Å². The Morgan fingerprint density at radius 3 is 2.37 bits per heavy atom. The molecule has 0 saturated carbocycles. The first-order valence-corrected chi connectivity index (χ1v) is 5.76. The summed E-state index contributed by atoms with van der Waals surface area (Å²) in [5, 5.41) is 0.387. The van der Waals surface area contributed by atoms with E-state index in [0.29, 0.717) is 5.02 Å². The molecule has 1 rings (SSSR count). The van der Waals surface area contributed by atoms with Crippen molar-refractivity contribution in [3.63, 3.8) is 0 Å². The summed E-state index contributed by atoms with van der Waals surface area (Å²) >= 11 is 5.62. The Bertz CT molecular complexity index is 469. The van der Waals surface area contributed by atoms with Gasteiger partial charge >= 0.3 is 12.1 Å². The van der Waals surface area contributed by atoms with E-state index >= 15 is 0 Å². The normalized spacial score (nSPS) is 12.4. The quantitative estimate of drug-likeness (QED) is 0.623. The summed E-state index contributed by atoms with van der Waals surface area (Å²) in [4.78, 5) is 14.5. The number of hydrogen-bond donors (Lipinski definition) is 0. The number of benzene rings is 1. The zero-order chi connectivity index (χ0) is 14.5. The van der Waals surface area contributed by atoms with Crippen LogP contribution in [0.2, 0.25) is 5.02 Å². The van der Waals surface area contributed by atoms with Gasteiger partial charge in [-0.3, -0.25) is 4.79 Å². The first-order chi connectivity index (χ1) is 8.82. The molecule has 0 fully saturated rings. The van der Waals surface area contributed by atoms with E-state index in [2.05, 4.69) is 9.73 Å². The third-order valence-corrected chi connectivity index (χ3v) is 2.29. The van der Waals surface area contributed by atoms with Gasteiger partial charge in [-0.15, -0.1) is 0 Å². The minimum Gasteiger partial charge on any atom is -0.466 e. The van der Waals surface area contributed by atoms with Crippen LogP contribution >= 0.6 is 11.6 Å². The Kier molecular flexibility index (Phi) is 5.35. The van der Waals surface area contributed by atoms with Gasteiger partial charge in [-0.1, -0.05) is 11.6 Å². The summed E-state index contributed by atoms with van der Waals surface area (Å²) in [7, 11) is 0. The number of nitrogens with zero attached hydrogens (tertiary/aromatic N) is 1. The molecule has 0 N–H and O–H groups in total. The summed E-state index contributed by atoms with van der Waals surface area (Å²) in [6.45, 7) is 1.53. The maximum Gasteiger partial charge on any atom is 0.430 e. The fourth-order valence-electron chi connectivity index (χ4n) is 1.22. The molecule has 104 valence electrons. The summed E-state index contributed by atoms with van der Waals surface area (Å²) in [5.41, 5.74) is -1.13. The second-order valence-corrected chi connectivity index (χ2v) is 3.95. The van der Waals surface area contributed by atoms with E-state index in [1.807, 2.05) is 0 Å². The SMILES string of the molecule is CCOC(=O)CC(=Nc1ccc(Cl)cc1)C(F)(F)F. The van der Waals surface area contributed by atoms with Gasteiger partial charge < -0.3 is 4.74 Å². The molecule has 0 spiro atoms. The molecule has 0 unspecified atom stereocenters. The maximum atomic E-state index is 12.7. The molecule has 3 nitrogen and oxygen atoms in total. The van der Waals surface area contributed by atoms with Crippen LogP contribution in [0.5, 0.6) is 0 Å². The Balaban J connectivity index is 2.97. The van der Waals surface area contributed by atoms with Gasteiger partial charge in [0.25, 0.3) is 0 Å². The van der Waals surface area contributed by atoms with Gasteiger partial charge in [-0.05, 0) is 31.2 Å². The number of ether oxygens (including phenoxy) is 1. The third-order valence-electron chi connectivity index (χ3n) is 2.04. The van der Waals surface area contributed by atoms with Crippen molar-refractivity contribution in [2.75, 3.05) is 6.61 Å². The molecular formula is C12H11ClF3NO2. The van der Waals surface area contributed by atoms with Crippen molar-refractivity contribution in [1.29, 1.82) is 0 Å². The number of esters is 1. The van der Waals surface area contributed by atoms with E-state index in [4.69, 9.17) is 11.6 Å². The number of hydrogen-bond acceptors (Lipinski definition) is 3. The molecule has 0 aliphatic carbocycles. The molecule has 0 aromatic heterocycles. The lowest BCUT2D eigenvalue weighted by Crippen LogP contribution is -2.26. The van der Waals surface area contributed by atoms with Gasteiger partial charge in [0.05, 0.1) is 18.7 Å². The summed E-state index contributed by atoms with van der Waals surface area (Å²) in [6.07, 6.45) is -5.60. The van der Waals surface area contributed by atoms with Crippen molar-refractivity contribution in [3.8, 4) is 0 Å². The lowest BCUT2D eigenvalue weighted by molar-refractivity contribution is -0.142. The van der Waals surface area contributed by atoms with E-state index in [-0.39, 0.29) is 12.3 Å². The van der Waals surface area contributed by atoms with Crippen molar-refractivity contribution in [2.24, 2.45) is 4.99 Å². The van der Waals surface area contributed by atoms with E-state index < -0.39 is 24.3 Å². The molecule has 0 aliphatic heterocycles. The monoisotopic (exact) mass is 293 g/mol. The number of aliphatic imine (C=N–C) groups is 1. The van der Waals surface area contributed by atoms with Crippen LogP contribution in [0.1, 0.15) is 13.3 Å². The van der Waals surface area contributed by atoms with Crippen molar-refractivity contribution >= 4 is 29.0 Å². The molecule has 0 bridgehead atoms. The Labute approximate surface area is 113 Å². The van der Waals surface area contributed by atoms with Gasteiger partial charge in [0.1, 0.15) is 5.71 Å². The highest BCUT2D eigenvalue weighted by atomic mass is 35.5. The Hall–Kier alpha value is -1.56. The van der Waals surface area contributed by atoms with Crippen LogP contribution in [0.15, 0.2) is 29.3 Å². The minimum atomic E-state index is -4.69. The first-order valence-electron chi connectivity index (χ1n) is 5.39. The average molecular weight is 294 g/mol. The van der Waals surface area contributed by atoms with Crippen molar-refractivity contribution < 1.29 is 22.7 Å². The smallest absolute Gasteiger partial charge is 0.430 e. The molecule has 1 aromatic rings. The van der Waals surface area contributed by atoms with E-state index in [9.17, 15) is 18.0 Å². The highest BCUT2D eigenvalue weighted by Gasteiger charge is 2.37. The Morgan fingerprint density at radius 2 is 1.89 bits per heavy atom. The van der Waals surface area contributed by atoms with Crippen LogP contribution in [0.25, 0.3) is 0 Å². The van der Waals surface area contributed by atoms with Gasteiger partial charge in [0.2, 0.25) is 0 Å². The van der Waals surface area contributed by atoms with Crippen LogP contribution in [-0.2, 0) is 9.53 Å². The molecular weight excluding hydrogens is 283 g/mol. The molecule has 0 amide bonds. The lowest BCUT2D eigenvalue weighted by Gasteiger charge is -2.10. The third kappa shape index (κ3) is 5.30. The number of alkyl halides is 3. The van der Waals surface area contributed by atoms with Gasteiger partial charge in [0.15, 0.2) is 0 Å². The molecule has 1 aromatic carbocycles. The zero-order valence-corrected chi connectivity index (χ0v) is 10.8. The molecule has 0 atom stereocenters. The minimum absolute atomic E-state index is 0.0188. The Morgan fingerprint density at radius 1 is 1.32 bits per heavy atom. The fraction of sp³-hybridized carbons (Fsp3) is 0.333. The molecule has 7 heteroatoms. The van der Waals surface area contributed by atoms with Gasteiger partial charge in [-0.2, -0.15) is 13.2 Å². The number of halogens is 4. The second-order valence-electron chi connectivity index (χ2n) is 3.51. The molecule has 0 saturated heterocycles. The van der Waals surface area contributed by atoms with E-state index in [1.54, 1.807) is 0 Å². The topological polar surface area (TPSA) is 38.7 Å². The predicted octanol–water partition coefficient (Wildman–Crippen LogP) is 3.93. The van der Waals surface area contributed by atoms with Gasteiger partial charge in [0, 0.05) is 5.02 Å². The van der Waals surface area contributed by atoms with E-state index in [0.717, 1.165) is 0 Å². The van der Waals surface area contributed by atoms with E-state index in [1.165, 1.54) is 31.2 Å². The van der Waals surface area contributed by atoms with Crippen LogP contribution in [0.3, 0.4) is 0 Å². The second kappa shape index (κ2) is 6.56. The number of rotatable bonds is 4. The highest BCUT2D eigenvalue weighted by molar-refractivity contribution is 6.30. The zero-order valence-electron chi connectivity index (χ0n) is 10.00. The molecule has 0 radical (unpaired) electrons. The standard InChI is InChI=1S/C12H11ClF3NO2/c1-2-19-11(18)7-10(12(14,15)16)17-9-5-3-8(13)4-6-9/h3-6H,2,7H2,1H3. The predicted molar refractivity (Wildman–Crippen MR) is 65.9 cm³/mol. The molecule has 0 heterocycles. The maximum absolute atomic E-state index is 12.7. The van der Waals surface area contributed by atoms with Crippen LogP contribution in [0, 0.1) is 0 Å². The average Bonchev–Trinajstić information content (AvgIpc) is 2.30. The first kappa shape index (κ1) is 15.5. The largest absolute Gasteiger partial charge is 0.466 e. The molecule has 0 aliphatic rings. The van der Waals surface area contributed by atoms with Crippen LogP contribution < -0.4 is 0 Å².